The van der Waals surface area contributed by atoms with E-state index in [2.05, 4.69) is 14.9 Å². The van der Waals surface area contributed by atoms with Crippen molar-refractivity contribution in [2.24, 2.45) is 0 Å². The molecule has 0 aliphatic carbocycles. The van der Waals surface area contributed by atoms with Gasteiger partial charge in [-0.15, -0.1) is 0 Å². The molecule has 0 amide bonds. The number of carboxylic acid groups (broad SMARTS) is 2. The SMILES string of the molecule is CCOc1ccc(-c2cnc(NCc3ccc(Cl)c(Cl)c3)n2CCOC)cc1.O=C(O)C(=O)O. The first-order valence-corrected chi connectivity index (χ1v) is 10.9. The van der Waals surface area contributed by atoms with Crippen molar-refractivity contribution in [2.45, 2.75) is 20.0 Å². The zero-order valence-corrected chi connectivity index (χ0v) is 20.1. The summed E-state index contributed by atoms with van der Waals surface area (Å²) in [5.41, 5.74) is 3.10. The first-order valence-electron chi connectivity index (χ1n) is 10.2. The van der Waals surface area contributed by atoms with Crippen LogP contribution in [0.2, 0.25) is 10.0 Å². The number of hydrogen-bond acceptors (Lipinski definition) is 6. The van der Waals surface area contributed by atoms with Crippen molar-refractivity contribution < 1.29 is 29.3 Å². The van der Waals surface area contributed by atoms with Crippen LogP contribution >= 0.6 is 23.2 Å². The molecule has 0 bridgehead atoms. The largest absolute Gasteiger partial charge is 0.494 e. The first kappa shape index (κ1) is 27.0. The molecule has 0 aliphatic heterocycles. The maximum Gasteiger partial charge on any atom is 0.414 e. The van der Waals surface area contributed by atoms with Gasteiger partial charge >= 0.3 is 11.9 Å². The molecule has 0 saturated heterocycles. The quantitative estimate of drug-likeness (QED) is 0.355. The van der Waals surface area contributed by atoms with Gasteiger partial charge in [0.15, 0.2) is 0 Å². The lowest BCUT2D eigenvalue weighted by Gasteiger charge is -2.13. The van der Waals surface area contributed by atoms with Crippen molar-refractivity contribution in [3.63, 3.8) is 0 Å². The smallest absolute Gasteiger partial charge is 0.414 e. The summed E-state index contributed by atoms with van der Waals surface area (Å²) in [5, 5.41) is 19.2. The number of anilines is 1. The van der Waals surface area contributed by atoms with E-state index in [1.165, 1.54) is 0 Å². The van der Waals surface area contributed by atoms with Gasteiger partial charge in [-0.3, -0.25) is 0 Å². The molecule has 3 N–H and O–H groups in total. The van der Waals surface area contributed by atoms with E-state index in [4.69, 9.17) is 52.5 Å². The maximum absolute atomic E-state index is 9.10. The fraction of sp³-hybridized carbons (Fsp3) is 0.261. The van der Waals surface area contributed by atoms with Gasteiger partial charge in [-0.1, -0.05) is 29.3 Å². The summed E-state index contributed by atoms with van der Waals surface area (Å²) in [6.07, 6.45) is 1.86. The van der Waals surface area contributed by atoms with E-state index in [1.807, 2.05) is 49.5 Å². The molecule has 0 unspecified atom stereocenters. The van der Waals surface area contributed by atoms with E-state index < -0.39 is 11.9 Å². The summed E-state index contributed by atoms with van der Waals surface area (Å²) < 4.78 is 12.9. The third-order valence-electron chi connectivity index (χ3n) is 4.45. The number of carboxylic acids is 2. The molecule has 9 nitrogen and oxygen atoms in total. The fourth-order valence-electron chi connectivity index (χ4n) is 2.88. The van der Waals surface area contributed by atoms with E-state index in [1.54, 1.807) is 13.2 Å². The molecule has 0 radical (unpaired) electrons. The van der Waals surface area contributed by atoms with Crippen LogP contribution in [-0.4, -0.2) is 52.0 Å². The highest BCUT2D eigenvalue weighted by atomic mass is 35.5. The van der Waals surface area contributed by atoms with E-state index in [9.17, 15) is 0 Å². The number of hydrogen-bond donors (Lipinski definition) is 3. The normalized spacial score (nSPS) is 10.2. The number of benzene rings is 2. The Morgan fingerprint density at radius 1 is 1.06 bits per heavy atom. The van der Waals surface area contributed by atoms with Crippen LogP contribution in [0.1, 0.15) is 12.5 Å². The second-order valence-electron chi connectivity index (χ2n) is 6.78. The van der Waals surface area contributed by atoms with Crippen LogP contribution in [0, 0.1) is 0 Å². The molecular weight excluding hydrogens is 485 g/mol. The molecular formula is C23H25Cl2N3O6. The minimum absolute atomic E-state index is 0.541. The lowest BCUT2D eigenvalue weighted by atomic mass is 10.1. The zero-order valence-electron chi connectivity index (χ0n) is 18.6. The highest BCUT2D eigenvalue weighted by molar-refractivity contribution is 6.42. The van der Waals surface area contributed by atoms with Gasteiger partial charge in [0, 0.05) is 25.8 Å². The number of ether oxygens (including phenoxy) is 2. The Balaban J connectivity index is 0.000000604. The number of nitrogens with zero attached hydrogens (tertiary/aromatic N) is 2. The molecule has 1 aromatic heterocycles. The first-order chi connectivity index (χ1) is 16.3. The summed E-state index contributed by atoms with van der Waals surface area (Å²) in [6, 6.07) is 13.6. The molecule has 182 valence electrons. The highest BCUT2D eigenvalue weighted by Gasteiger charge is 2.12. The number of aliphatic carboxylic acids is 2. The molecule has 0 saturated carbocycles. The number of rotatable bonds is 9. The predicted molar refractivity (Wildman–Crippen MR) is 130 cm³/mol. The van der Waals surface area contributed by atoms with Crippen LogP contribution in [0.25, 0.3) is 11.3 Å². The third kappa shape index (κ3) is 7.95. The van der Waals surface area contributed by atoms with Crippen molar-refractivity contribution in [1.82, 2.24) is 9.55 Å². The number of imidazole rings is 1. The summed E-state index contributed by atoms with van der Waals surface area (Å²) >= 11 is 12.1. The van der Waals surface area contributed by atoms with Crippen molar-refractivity contribution in [3.8, 4) is 17.0 Å². The number of methoxy groups -OCH3 is 1. The zero-order chi connectivity index (χ0) is 25.1. The summed E-state index contributed by atoms with van der Waals surface area (Å²) in [7, 11) is 1.69. The molecule has 34 heavy (non-hydrogen) atoms. The van der Waals surface area contributed by atoms with Crippen LogP contribution in [0.3, 0.4) is 0 Å². The van der Waals surface area contributed by atoms with Gasteiger partial charge in [0.1, 0.15) is 5.75 Å². The molecule has 0 fully saturated rings. The topological polar surface area (TPSA) is 123 Å². The van der Waals surface area contributed by atoms with Crippen LogP contribution < -0.4 is 10.1 Å². The lowest BCUT2D eigenvalue weighted by molar-refractivity contribution is -0.159. The Labute approximate surface area is 206 Å². The second-order valence-corrected chi connectivity index (χ2v) is 7.60. The molecule has 3 rings (SSSR count). The van der Waals surface area contributed by atoms with Gasteiger partial charge in [0.05, 0.1) is 35.1 Å². The minimum atomic E-state index is -1.82. The molecule has 3 aromatic rings. The van der Waals surface area contributed by atoms with Crippen LogP contribution in [0.4, 0.5) is 5.95 Å². The minimum Gasteiger partial charge on any atom is -0.494 e. The van der Waals surface area contributed by atoms with Crippen LogP contribution in [-0.2, 0) is 27.4 Å². The van der Waals surface area contributed by atoms with E-state index >= 15 is 0 Å². The Hall–Kier alpha value is -3.27. The molecule has 2 aromatic carbocycles. The summed E-state index contributed by atoms with van der Waals surface area (Å²) in [6.45, 7) is 4.47. The maximum atomic E-state index is 9.10. The molecule has 0 atom stereocenters. The fourth-order valence-corrected chi connectivity index (χ4v) is 3.20. The van der Waals surface area contributed by atoms with Gasteiger partial charge < -0.3 is 29.6 Å². The summed E-state index contributed by atoms with van der Waals surface area (Å²) in [4.78, 5) is 22.8. The Morgan fingerprint density at radius 3 is 2.29 bits per heavy atom. The standard InChI is InChI=1S/C21H23Cl2N3O2.C2H2O4/c1-3-28-17-7-5-16(6-8-17)20-14-25-21(26(20)10-11-27-2)24-13-15-4-9-18(22)19(23)12-15;3-1(4)2(5)6/h4-9,12,14H,3,10-11,13H2,1-2H3,(H,24,25);(H,3,4)(H,5,6). The average molecular weight is 510 g/mol. The molecule has 0 aliphatic rings. The molecule has 11 heteroatoms. The van der Waals surface area contributed by atoms with Crippen LogP contribution in [0.15, 0.2) is 48.7 Å². The number of nitrogens with one attached hydrogen (secondary N) is 1. The molecule has 0 spiro atoms. The van der Waals surface area contributed by atoms with E-state index in [-0.39, 0.29) is 0 Å². The second kappa shape index (κ2) is 13.4. The Kier molecular flexibility index (Phi) is 10.7. The van der Waals surface area contributed by atoms with Crippen molar-refractivity contribution >= 4 is 41.1 Å². The predicted octanol–water partition coefficient (Wildman–Crippen LogP) is 4.67. The van der Waals surface area contributed by atoms with Crippen molar-refractivity contribution in [3.05, 3.63) is 64.3 Å². The Morgan fingerprint density at radius 2 is 1.74 bits per heavy atom. The van der Waals surface area contributed by atoms with Gasteiger partial charge in [0.2, 0.25) is 5.95 Å². The van der Waals surface area contributed by atoms with E-state index in [0.29, 0.717) is 36.3 Å². The molecule has 1 heterocycles. The third-order valence-corrected chi connectivity index (χ3v) is 5.19. The van der Waals surface area contributed by atoms with Crippen molar-refractivity contribution in [1.29, 1.82) is 0 Å². The Bertz CT molecular complexity index is 1090. The average Bonchev–Trinajstić information content (AvgIpc) is 3.22. The highest BCUT2D eigenvalue weighted by Crippen LogP contribution is 2.27. The van der Waals surface area contributed by atoms with Gasteiger partial charge in [0.25, 0.3) is 0 Å². The monoisotopic (exact) mass is 509 g/mol. The number of halogens is 2. The number of carbonyl (C=O) groups is 2. The van der Waals surface area contributed by atoms with Gasteiger partial charge in [-0.2, -0.15) is 0 Å². The van der Waals surface area contributed by atoms with Gasteiger partial charge in [-0.25, -0.2) is 14.6 Å². The van der Waals surface area contributed by atoms with Crippen molar-refractivity contribution in [2.75, 3.05) is 25.6 Å². The van der Waals surface area contributed by atoms with Gasteiger partial charge in [-0.05, 0) is 48.9 Å². The summed E-state index contributed by atoms with van der Waals surface area (Å²) in [5.74, 6) is -2.02. The number of aromatic nitrogens is 2. The van der Waals surface area contributed by atoms with Crippen LogP contribution in [0.5, 0.6) is 5.75 Å². The lowest BCUT2D eigenvalue weighted by Crippen LogP contribution is -2.11. The van der Waals surface area contributed by atoms with E-state index in [0.717, 1.165) is 28.5 Å².